The van der Waals surface area contributed by atoms with Crippen LogP contribution < -0.4 is 10.9 Å². The van der Waals surface area contributed by atoms with E-state index in [9.17, 15) is 14.7 Å². The van der Waals surface area contributed by atoms with Gasteiger partial charge in [0.05, 0.1) is 18.1 Å². The van der Waals surface area contributed by atoms with Crippen molar-refractivity contribution in [3.8, 4) is 11.5 Å². The fourth-order valence-electron chi connectivity index (χ4n) is 2.39. The second-order valence-electron chi connectivity index (χ2n) is 5.31. The monoisotopic (exact) mass is 324 g/mol. The summed E-state index contributed by atoms with van der Waals surface area (Å²) < 4.78 is 5.21. The maximum atomic E-state index is 12.4. The number of aliphatic hydroxyl groups is 1. The van der Waals surface area contributed by atoms with E-state index < -0.39 is 17.6 Å². The van der Waals surface area contributed by atoms with Crippen molar-refractivity contribution in [2.24, 2.45) is 0 Å². The molecule has 0 bridgehead atoms. The standard InChI is InChI=1S/C18H16N2O4/c1-11(21)12-5-2-3-6-14(12)19-17(22)13-8-9-15(20-18(13)23)16-7-4-10-24-16/h2-11,21H,1H3,(H,19,22)(H,20,23)/t11-/m0/s1. The van der Waals surface area contributed by atoms with Gasteiger partial charge in [-0.15, -0.1) is 0 Å². The number of hydrogen-bond donors (Lipinski definition) is 3. The van der Waals surface area contributed by atoms with E-state index in [1.807, 2.05) is 0 Å². The van der Waals surface area contributed by atoms with Crippen molar-refractivity contribution in [2.45, 2.75) is 13.0 Å². The topological polar surface area (TPSA) is 95.3 Å². The largest absolute Gasteiger partial charge is 0.463 e. The first kappa shape index (κ1) is 15.8. The van der Waals surface area contributed by atoms with Crippen molar-refractivity contribution in [2.75, 3.05) is 5.32 Å². The summed E-state index contributed by atoms with van der Waals surface area (Å²) in [7, 11) is 0. The Balaban J connectivity index is 1.88. The van der Waals surface area contributed by atoms with Crippen LogP contribution in [0.2, 0.25) is 0 Å². The number of H-pyrrole nitrogens is 1. The first-order valence-electron chi connectivity index (χ1n) is 7.42. The van der Waals surface area contributed by atoms with Gasteiger partial charge in [0.15, 0.2) is 0 Å². The second kappa shape index (κ2) is 6.55. The molecule has 24 heavy (non-hydrogen) atoms. The molecule has 0 spiro atoms. The van der Waals surface area contributed by atoms with E-state index in [1.54, 1.807) is 49.4 Å². The molecule has 3 aromatic rings. The van der Waals surface area contributed by atoms with Crippen LogP contribution in [-0.2, 0) is 0 Å². The minimum Gasteiger partial charge on any atom is -0.463 e. The summed E-state index contributed by atoms with van der Waals surface area (Å²) in [5.41, 5.74) is 0.994. The SMILES string of the molecule is C[C@H](O)c1ccccc1NC(=O)c1ccc(-c2ccco2)[nH]c1=O. The van der Waals surface area contributed by atoms with Gasteiger partial charge in [-0.3, -0.25) is 9.59 Å². The maximum absolute atomic E-state index is 12.4. The van der Waals surface area contributed by atoms with Gasteiger partial charge < -0.3 is 19.8 Å². The van der Waals surface area contributed by atoms with Gasteiger partial charge in [0, 0.05) is 11.3 Å². The van der Waals surface area contributed by atoms with Crippen LogP contribution in [0.3, 0.4) is 0 Å². The van der Waals surface area contributed by atoms with Crippen molar-refractivity contribution in [1.82, 2.24) is 4.98 Å². The Morgan fingerprint density at radius 2 is 1.96 bits per heavy atom. The van der Waals surface area contributed by atoms with Crippen LogP contribution >= 0.6 is 0 Å². The number of hydrogen-bond acceptors (Lipinski definition) is 4. The van der Waals surface area contributed by atoms with E-state index in [0.29, 0.717) is 22.7 Å². The second-order valence-corrected chi connectivity index (χ2v) is 5.31. The predicted octanol–water partition coefficient (Wildman–Crippen LogP) is 2.94. The molecule has 0 aliphatic rings. The zero-order valence-electron chi connectivity index (χ0n) is 12.9. The van der Waals surface area contributed by atoms with Gasteiger partial charge in [0.2, 0.25) is 0 Å². The number of aromatic nitrogens is 1. The summed E-state index contributed by atoms with van der Waals surface area (Å²) >= 11 is 0. The molecule has 0 aliphatic heterocycles. The highest BCUT2D eigenvalue weighted by Gasteiger charge is 2.15. The fourth-order valence-corrected chi connectivity index (χ4v) is 2.39. The van der Waals surface area contributed by atoms with E-state index in [2.05, 4.69) is 10.3 Å². The lowest BCUT2D eigenvalue weighted by molar-refractivity contribution is 0.102. The third kappa shape index (κ3) is 3.13. The minimum absolute atomic E-state index is 0.0225. The highest BCUT2D eigenvalue weighted by molar-refractivity contribution is 6.04. The van der Waals surface area contributed by atoms with E-state index >= 15 is 0 Å². The van der Waals surface area contributed by atoms with Crippen molar-refractivity contribution < 1.29 is 14.3 Å². The molecule has 0 unspecified atom stereocenters. The summed E-state index contributed by atoms with van der Waals surface area (Å²) in [6.07, 6.45) is 0.766. The smallest absolute Gasteiger partial charge is 0.261 e. The number of carbonyl (C=O) groups is 1. The molecule has 0 saturated heterocycles. The molecule has 3 N–H and O–H groups in total. The Bertz CT molecular complexity index is 911. The van der Waals surface area contributed by atoms with Crippen molar-refractivity contribution in [1.29, 1.82) is 0 Å². The number of aliphatic hydroxyl groups excluding tert-OH is 1. The van der Waals surface area contributed by atoms with Gasteiger partial charge in [-0.1, -0.05) is 18.2 Å². The number of furan rings is 1. The number of anilines is 1. The third-order valence-corrected chi connectivity index (χ3v) is 3.60. The number of carbonyl (C=O) groups excluding carboxylic acids is 1. The fraction of sp³-hybridized carbons (Fsp3) is 0.111. The van der Waals surface area contributed by atoms with E-state index in [-0.39, 0.29) is 5.56 Å². The molecule has 2 heterocycles. The molecule has 0 aliphatic carbocycles. The lowest BCUT2D eigenvalue weighted by Crippen LogP contribution is -2.23. The van der Waals surface area contributed by atoms with Gasteiger partial charge in [-0.25, -0.2) is 0 Å². The number of para-hydroxylation sites is 1. The van der Waals surface area contributed by atoms with Gasteiger partial charge in [0.25, 0.3) is 11.5 Å². The van der Waals surface area contributed by atoms with Crippen LogP contribution in [0, 0.1) is 0 Å². The Morgan fingerprint density at radius 1 is 1.17 bits per heavy atom. The number of benzene rings is 1. The Hall–Kier alpha value is -3.12. The van der Waals surface area contributed by atoms with Gasteiger partial charge in [0.1, 0.15) is 11.3 Å². The summed E-state index contributed by atoms with van der Waals surface area (Å²) in [6, 6.07) is 13.4. The highest BCUT2D eigenvalue weighted by Crippen LogP contribution is 2.22. The van der Waals surface area contributed by atoms with E-state index in [0.717, 1.165) is 0 Å². The van der Waals surface area contributed by atoms with Crippen LogP contribution in [0.15, 0.2) is 64.0 Å². The van der Waals surface area contributed by atoms with E-state index in [1.165, 1.54) is 12.3 Å². The number of rotatable bonds is 4. The molecule has 1 aromatic carbocycles. The highest BCUT2D eigenvalue weighted by atomic mass is 16.3. The summed E-state index contributed by atoms with van der Waals surface area (Å²) in [5.74, 6) is -0.0335. The summed E-state index contributed by atoms with van der Waals surface area (Å²) in [5, 5.41) is 12.4. The normalized spacial score (nSPS) is 11.9. The maximum Gasteiger partial charge on any atom is 0.261 e. The average Bonchev–Trinajstić information content (AvgIpc) is 3.09. The van der Waals surface area contributed by atoms with Crippen LogP contribution in [-0.4, -0.2) is 16.0 Å². The molecular formula is C18H16N2O4. The average molecular weight is 324 g/mol. The van der Waals surface area contributed by atoms with Crippen LogP contribution in [0.4, 0.5) is 5.69 Å². The molecule has 0 radical (unpaired) electrons. The lowest BCUT2D eigenvalue weighted by Gasteiger charge is -2.12. The zero-order chi connectivity index (χ0) is 17.1. The molecule has 1 amide bonds. The molecule has 122 valence electrons. The molecular weight excluding hydrogens is 308 g/mol. The number of amides is 1. The molecule has 6 heteroatoms. The van der Waals surface area contributed by atoms with Crippen molar-refractivity contribution in [3.05, 3.63) is 76.3 Å². The van der Waals surface area contributed by atoms with Crippen LogP contribution in [0.25, 0.3) is 11.5 Å². The first-order chi connectivity index (χ1) is 11.6. The molecule has 0 saturated carbocycles. The molecule has 3 rings (SSSR count). The molecule has 0 fully saturated rings. The van der Waals surface area contributed by atoms with Crippen LogP contribution in [0.5, 0.6) is 0 Å². The van der Waals surface area contributed by atoms with Crippen molar-refractivity contribution >= 4 is 11.6 Å². The van der Waals surface area contributed by atoms with E-state index in [4.69, 9.17) is 4.42 Å². The molecule has 1 atom stereocenters. The third-order valence-electron chi connectivity index (χ3n) is 3.60. The zero-order valence-corrected chi connectivity index (χ0v) is 12.9. The Labute approximate surface area is 137 Å². The quantitative estimate of drug-likeness (QED) is 0.687. The van der Waals surface area contributed by atoms with Gasteiger partial charge in [-0.05, 0) is 37.3 Å². The number of nitrogens with one attached hydrogen (secondary N) is 2. The molecule has 6 nitrogen and oxygen atoms in total. The number of pyridine rings is 1. The van der Waals surface area contributed by atoms with Crippen LogP contribution in [0.1, 0.15) is 28.9 Å². The lowest BCUT2D eigenvalue weighted by atomic mass is 10.1. The summed E-state index contributed by atoms with van der Waals surface area (Å²) in [4.78, 5) is 27.2. The van der Waals surface area contributed by atoms with Gasteiger partial charge in [-0.2, -0.15) is 0 Å². The number of aromatic amines is 1. The summed E-state index contributed by atoms with van der Waals surface area (Å²) in [6.45, 7) is 1.61. The minimum atomic E-state index is -0.735. The van der Waals surface area contributed by atoms with Gasteiger partial charge >= 0.3 is 0 Å². The Kier molecular flexibility index (Phi) is 4.31. The predicted molar refractivity (Wildman–Crippen MR) is 89.8 cm³/mol. The van der Waals surface area contributed by atoms with Crippen molar-refractivity contribution in [3.63, 3.8) is 0 Å². The Morgan fingerprint density at radius 3 is 2.62 bits per heavy atom. The molecule has 2 aromatic heterocycles. The first-order valence-corrected chi connectivity index (χ1v) is 7.42.